The minimum absolute atomic E-state index is 0.134. The molecule has 1 atom stereocenters. The van der Waals surface area contributed by atoms with Gasteiger partial charge in [-0.3, -0.25) is 4.79 Å². The monoisotopic (exact) mass is 435 g/mol. The SMILES string of the molecule is COc1cccc(C2c3[nH]c4ccccc4c3CCN2C(=O)CNC(=O)OC(C)(C)C)c1. The first kappa shape index (κ1) is 21.7. The molecule has 0 saturated carbocycles. The Morgan fingerprint density at radius 3 is 2.69 bits per heavy atom. The number of amides is 2. The standard InChI is InChI=1S/C25H29N3O4/c1-25(2,3)32-24(30)26-15-21(29)28-13-12-19-18-10-5-6-11-20(18)27-22(19)23(28)16-8-7-9-17(14-16)31-4/h5-11,14,23,27H,12-13,15H2,1-4H3,(H,26,30). The summed E-state index contributed by atoms with van der Waals surface area (Å²) in [5.41, 5.74) is 3.59. The number of alkyl carbamates (subject to hydrolysis) is 1. The Labute approximate surface area is 187 Å². The fourth-order valence-corrected chi connectivity index (χ4v) is 4.23. The number of ether oxygens (including phenoxy) is 2. The zero-order chi connectivity index (χ0) is 22.9. The lowest BCUT2D eigenvalue weighted by Gasteiger charge is -2.36. The fraction of sp³-hybridized carbons (Fsp3) is 0.360. The molecule has 0 spiro atoms. The average molecular weight is 436 g/mol. The van der Waals surface area contributed by atoms with Crippen LogP contribution in [0, 0.1) is 0 Å². The van der Waals surface area contributed by atoms with E-state index < -0.39 is 11.7 Å². The maximum absolute atomic E-state index is 13.2. The lowest BCUT2D eigenvalue weighted by molar-refractivity contribution is -0.132. The van der Waals surface area contributed by atoms with Gasteiger partial charge in [0.1, 0.15) is 17.9 Å². The fourth-order valence-electron chi connectivity index (χ4n) is 4.23. The number of benzene rings is 2. The number of fused-ring (bicyclic) bond motifs is 3. The third kappa shape index (κ3) is 4.42. The summed E-state index contributed by atoms with van der Waals surface area (Å²) in [6.07, 6.45) is 0.130. The van der Waals surface area contributed by atoms with E-state index in [0.29, 0.717) is 6.54 Å². The number of nitrogens with one attached hydrogen (secondary N) is 2. The van der Waals surface area contributed by atoms with Crippen molar-refractivity contribution in [3.8, 4) is 5.75 Å². The summed E-state index contributed by atoms with van der Waals surface area (Å²) in [4.78, 5) is 30.7. The first-order valence-electron chi connectivity index (χ1n) is 10.8. The van der Waals surface area contributed by atoms with Gasteiger partial charge in [-0.25, -0.2) is 4.79 Å². The summed E-state index contributed by atoms with van der Waals surface area (Å²) < 4.78 is 10.7. The highest BCUT2D eigenvalue weighted by Crippen LogP contribution is 2.39. The minimum Gasteiger partial charge on any atom is -0.497 e. The Kier molecular flexibility index (Phi) is 5.82. The quantitative estimate of drug-likeness (QED) is 0.644. The molecule has 2 N–H and O–H groups in total. The molecule has 0 fully saturated rings. The first-order chi connectivity index (χ1) is 15.3. The number of aromatic amines is 1. The summed E-state index contributed by atoms with van der Waals surface area (Å²) in [5, 5.41) is 3.77. The van der Waals surface area contributed by atoms with Crippen molar-refractivity contribution >= 4 is 22.9 Å². The number of carbonyl (C=O) groups is 2. The van der Waals surface area contributed by atoms with Crippen LogP contribution in [0.4, 0.5) is 4.79 Å². The van der Waals surface area contributed by atoms with E-state index in [2.05, 4.69) is 16.4 Å². The Bertz CT molecular complexity index is 1150. The zero-order valence-electron chi connectivity index (χ0n) is 18.9. The molecule has 0 bridgehead atoms. The number of hydrogen-bond donors (Lipinski definition) is 2. The van der Waals surface area contributed by atoms with Crippen LogP contribution in [0.1, 0.15) is 43.6 Å². The lowest BCUT2D eigenvalue weighted by atomic mass is 9.92. The van der Waals surface area contributed by atoms with Gasteiger partial charge in [0.15, 0.2) is 0 Å². The van der Waals surface area contributed by atoms with E-state index in [1.54, 1.807) is 27.9 Å². The normalized spacial score (nSPS) is 15.9. The number of hydrogen-bond acceptors (Lipinski definition) is 4. The van der Waals surface area contributed by atoms with Crippen molar-refractivity contribution in [1.29, 1.82) is 0 Å². The van der Waals surface area contributed by atoms with Crippen LogP contribution in [-0.2, 0) is 16.0 Å². The lowest BCUT2D eigenvalue weighted by Crippen LogP contribution is -2.46. The van der Waals surface area contributed by atoms with Crippen LogP contribution < -0.4 is 10.1 Å². The molecule has 0 radical (unpaired) electrons. The molecule has 7 nitrogen and oxygen atoms in total. The summed E-state index contributed by atoms with van der Waals surface area (Å²) in [6.45, 7) is 5.77. The van der Waals surface area contributed by atoms with Gasteiger partial charge in [0.2, 0.25) is 5.91 Å². The first-order valence-corrected chi connectivity index (χ1v) is 10.8. The highest BCUT2D eigenvalue weighted by atomic mass is 16.6. The van der Waals surface area contributed by atoms with Gasteiger partial charge in [-0.2, -0.15) is 0 Å². The van der Waals surface area contributed by atoms with Gasteiger partial charge in [0, 0.05) is 23.1 Å². The molecule has 0 saturated heterocycles. The van der Waals surface area contributed by atoms with Gasteiger partial charge >= 0.3 is 6.09 Å². The van der Waals surface area contributed by atoms with E-state index in [1.807, 2.05) is 47.4 Å². The van der Waals surface area contributed by atoms with Crippen molar-refractivity contribution < 1.29 is 19.1 Å². The van der Waals surface area contributed by atoms with Crippen molar-refractivity contribution in [3.05, 3.63) is 65.4 Å². The number of para-hydroxylation sites is 1. The molecule has 2 aromatic carbocycles. The molecule has 32 heavy (non-hydrogen) atoms. The smallest absolute Gasteiger partial charge is 0.408 e. The van der Waals surface area contributed by atoms with Crippen LogP contribution >= 0.6 is 0 Å². The van der Waals surface area contributed by atoms with Crippen molar-refractivity contribution in [2.75, 3.05) is 20.2 Å². The average Bonchev–Trinajstić information content (AvgIpc) is 3.14. The van der Waals surface area contributed by atoms with E-state index in [9.17, 15) is 9.59 Å². The predicted molar refractivity (Wildman–Crippen MR) is 123 cm³/mol. The van der Waals surface area contributed by atoms with Gasteiger partial charge in [0.05, 0.1) is 13.2 Å². The highest BCUT2D eigenvalue weighted by molar-refractivity contribution is 5.87. The summed E-state index contributed by atoms with van der Waals surface area (Å²) in [6, 6.07) is 15.6. The van der Waals surface area contributed by atoms with E-state index in [4.69, 9.17) is 9.47 Å². The minimum atomic E-state index is -0.624. The second kappa shape index (κ2) is 8.57. The molecule has 3 aromatic rings. The zero-order valence-corrected chi connectivity index (χ0v) is 18.9. The van der Waals surface area contributed by atoms with Crippen molar-refractivity contribution in [2.45, 2.75) is 38.8 Å². The van der Waals surface area contributed by atoms with Crippen LogP contribution in [-0.4, -0.2) is 47.7 Å². The number of H-pyrrole nitrogens is 1. The molecule has 1 aliphatic rings. The number of nitrogens with zero attached hydrogens (tertiary/aromatic N) is 1. The Hall–Kier alpha value is -3.48. The Balaban J connectivity index is 1.67. The second-order valence-corrected chi connectivity index (χ2v) is 8.93. The number of carbonyl (C=O) groups excluding carboxylic acids is 2. The Morgan fingerprint density at radius 1 is 1.16 bits per heavy atom. The van der Waals surface area contributed by atoms with Crippen LogP contribution in [0.25, 0.3) is 10.9 Å². The highest BCUT2D eigenvalue weighted by Gasteiger charge is 2.34. The molecular formula is C25H29N3O4. The number of rotatable bonds is 4. The van der Waals surface area contributed by atoms with Gasteiger partial charge in [-0.1, -0.05) is 30.3 Å². The maximum atomic E-state index is 13.2. The largest absolute Gasteiger partial charge is 0.497 e. The van der Waals surface area contributed by atoms with Crippen LogP contribution in [0.5, 0.6) is 5.75 Å². The van der Waals surface area contributed by atoms with Crippen LogP contribution in [0.15, 0.2) is 48.5 Å². The topological polar surface area (TPSA) is 83.7 Å². The van der Waals surface area contributed by atoms with Crippen molar-refractivity contribution in [1.82, 2.24) is 15.2 Å². The molecule has 168 valence electrons. The molecule has 1 aromatic heterocycles. The van der Waals surface area contributed by atoms with E-state index in [1.165, 1.54) is 10.9 Å². The second-order valence-electron chi connectivity index (χ2n) is 8.93. The van der Waals surface area contributed by atoms with E-state index in [-0.39, 0.29) is 18.5 Å². The predicted octanol–water partition coefficient (Wildman–Crippen LogP) is 4.18. The summed E-state index contributed by atoms with van der Waals surface area (Å²) >= 11 is 0. The molecular weight excluding hydrogens is 406 g/mol. The van der Waals surface area contributed by atoms with E-state index >= 15 is 0 Å². The molecule has 1 unspecified atom stereocenters. The van der Waals surface area contributed by atoms with Crippen LogP contribution in [0.3, 0.4) is 0 Å². The van der Waals surface area contributed by atoms with Gasteiger partial charge < -0.3 is 24.7 Å². The van der Waals surface area contributed by atoms with Crippen LogP contribution in [0.2, 0.25) is 0 Å². The number of aromatic nitrogens is 1. The maximum Gasteiger partial charge on any atom is 0.408 e. The number of methoxy groups -OCH3 is 1. The van der Waals surface area contributed by atoms with Crippen molar-refractivity contribution in [2.24, 2.45) is 0 Å². The third-order valence-corrected chi connectivity index (χ3v) is 5.55. The van der Waals surface area contributed by atoms with Gasteiger partial charge in [-0.05, 0) is 56.5 Å². The molecule has 0 aliphatic carbocycles. The van der Waals surface area contributed by atoms with Crippen molar-refractivity contribution in [3.63, 3.8) is 0 Å². The summed E-state index contributed by atoms with van der Waals surface area (Å²) in [7, 11) is 1.63. The van der Waals surface area contributed by atoms with Gasteiger partial charge in [-0.15, -0.1) is 0 Å². The Morgan fingerprint density at radius 2 is 1.94 bits per heavy atom. The molecule has 2 amide bonds. The third-order valence-electron chi connectivity index (χ3n) is 5.55. The summed E-state index contributed by atoms with van der Waals surface area (Å²) in [5.74, 6) is 0.554. The van der Waals surface area contributed by atoms with E-state index in [0.717, 1.165) is 28.9 Å². The molecule has 4 rings (SSSR count). The van der Waals surface area contributed by atoms with Gasteiger partial charge in [0.25, 0.3) is 0 Å². The molecule has 7 heteroatoms. The molecule has 2 heterocycles. The molecule has 1 aliphatic heterocycles.